The van der Waals surface area contributed by atoms with Crippen molar-refractivity contribution < 1.29 is 17.9 Å². The summed E-state index contributed by atoms with van der Waals surface area (Å²) in [4.78, 5) is 10.7. The number of carbonyl (C=O) groups is 1. The minimum Gasteiger partial charge on any atom is -0.469 e. The first-order valence-corrected chi connectivity index (χ1v) is 6.18. The van der Waals surface area contributed by atoms with E-state index < -0.39 is 21.1 Å². The van der Waals surface area contributed by atoms with Crippen LogP contribution in [0.1, 0.15) is 19.8 Å². The van der Waals surface area contributed by atoms with E-state index in [2.05, 4.69) is 4.74 Å². The molecular weight excluding hydrogens is 206 g/mol. The maximum absolute atomic E-state index is 11.5. The summed E-state index contributed by atoms with van der Waals surface area (Å²) in [6, 6.07) is 0. The van der Waals surface area contributed by atoms with Gasteiger partial charge in [-0.25, -0.2) is 8.42 Å². The molecule has 1 unspecified atom stereocenters. The molecule has 0 heterocycles. The Morgan fingerprint density at radius 3 is 2.43 bits per heavy atom. The molecule has 0 aliphatic carbocycles. The lowest BCUT2D eigenvalue weighted by Crippen LogP contribution is -2.31. The summed E-state index contributed by atoms with van der Waals surface area (Å²) >= 11 is 0. The van der Waals surface area contributed by atoms with Crippen molar-refractivity contribution in [3.63, 3.8) is 0 Å². The molecule has 0 saturated carbocycles. The number of ether oxygens (including phenoxy) is 1. The van der Waals surface area contributed by atoms with Crippen molar-refractivity contribution in [3.8, 4) is 0 Å². The molecule has 2 N–H and O–H groups in total. The third-order valence-electron chi connectivity index (χ3n) is 2.04. The Morgan fingerprint density at radius 1 is 1.50 bits per heavy atom. The Morgan fingerprint density at radius 2 is 2.07 bits per heavy atom. The van der Waals surface area contributed by atoms with Crippen LogP contribution in [-0.4, -0.2) is 39.0 Å². The molecule has 0 saturated heterocycles. The highest BCUT2D eigenvalue weighted by molar-refractivity contribution is 7.92. The van der Waals surface area contributed by atoms with Gasteiger partial charge in [0.05, 0.1) is 24.5 Å². The summed E-state index contributed by atoms with van der Waals surface area (Å²) < 4.78 is 27.4. The molecule has 0 aromatic rings. The van der Waals surface area contributed by atoms with Crippen LogP contribution < -0.4 is 5.73 Å². The zero-order chi connectivity index (χ0) is 11.2. The van der Waals surface area contributed by atoms with Crippen molar-refractivity contribution in [3.05, 3.63) is 0 Å². The van der Waals surface area contributed by atoms with Crippen LogP contribution in [-0.2, 0) is 19.4 Å². The summed E-state index contributed by atoms with van der Waals surface area (Å²) in [5, 5.41) is -0.549. The number of esters is 1. The SMILES string of the molecule is CCC(CN)S(=O)(=O)CCC(=O)OC. The van der Waals surface area contributed by atoms with Crippen molar-refractivity contribution in [2.24, 2.45) is 5.73 Å². The first-order valence-electron chi connectivity index (χ1n) is 4.46. The molecule has 1 atom stereocenters. The predicted octanol–water partition coefficient (Wildman–Crippen LogP) is -0.298. The van der Waals surface area contributed by atoms with Crippen molar-refractivity contribution in [2.75, 3.05) is 19.4 Å². The first-order chi connectivity index (χ1) is 6.47. The van der Waals surface area contributed by atoms with E-state index in [0.717, 1.165) is 0 Å². The van der Waals surface area contributed by atoms with E-state index in [1.807, 2.05) is 0 Å². The van der Waals surface area contributed by atoms with Gasteiger partial charge in [0.15, 0.2) is 9.84 Å². The number of carbonyl (C=O) groups excluding carboxylic acids is 1. The van der Waals surface area contributed by atoms with E-state index in [4.69, 9.17) is 5.73 Å². The molecule has 0 aromatic carbocycles. The summed E-state index contributed by atoms with van der Waals surface area (Å²) in [6.07, 6.45) is 0.370. The normalized spacial score (nSPS) is 13.6. The van der Waals surface area contributed by atoms with E-state index >= 15 is 0 Å². The second-order valence-electron chi connectivity index (χ2n) is 2.96. The van der Waals surface area contributed by atoms with Crippen LogP contribution in [0.15, 0.2) is 0 Å². The number of sulfone groups is 1. The van der Waals surface area contributed by atoms with Crippen LogP contribution in [0.5, 0.6) is 0 Å². The molecule has 84 valence electrons. The van der Waals surface area contributed by atoms with Crippen molar-refractivity contribution in [2.45, 2.75) is 25.0 Å². The molecule has 5 nitrogen and oxygen atoms in total. The van der Waals surface area contributed by atoms with Crippen LogP contribution in [0.4, 0.5) is 0 Å². The van der Waals surface area contributed by atoms with Gasteiger partial charge in [-0.3, -0.25) is 4.79 Å². The van der Waals surface area contributed by atoms with Gasteiger partial charge in [0.2, 0.25) is 0 Å². The minimum absolute atomic E-state index is 0.0972. The van der Waals surface area contributed by atoms with Gasteiger partial charge < -0.3 is 10.5 Å². The molecule has 0 spiro atoms. The van der Waals surface area contributed by atoms with E-state index in [1.165, 1.54) is 7.11 Å². The van der Waals surface area contributed by atoms with Gasteiger partial charge in [-0.05, 0) is 6.42 Å². The zero-order valence-electron chi connectivity index (χ0n) is 8.52. The molecule has 0 fully saturated rings. The van der Waals surface area contributed by atoms with Crippen LogP contribution in [0.25, 0.3) is 0 Å². The average Bonchev–Trinajstić information content (AvgIpc) is 2.15. The second-order valence-corrected chi connectivity index (χ2v) is 5.36. The largest absolute Gasteiger partial charge is 0.469 e. The third kappa shape index (κ3) is 4.06. The fourth-order valence-electron chi connectivity index (χ4n) is 1.06. The lowest BCUT2D eigenvalue weighted by Gasteiger charge is -2.12. The number of methoxy groups -OCH3 is 1. The molecule has 0 aliphatic heterocycles. The van der Waals surface area contributed by atoms with Crippen LogP contribution in [0.2, 0.25) is 0 Å². The fourth-order valence-corrected chi connectivity index (χ4v) is 2.65. The number of rotatable bonds is 6. The molecule has 0 aromatic heterocycles. The van der Waals surface area contributed by atoms with E-state index in [1.54, 1.807) is 6.92 Å². The summed E-state index contributed by atoms with van der Waals surface area (Å²) in [7, 11) is -2.02. The number of hydrogen-bond acceptors (Lipinski definition) is 5. The molecule has 0 rings (SSSR count). The molecule has 14 heavy (non-hydrogen) atoms. The van der Waals surface area contributed by atoms with Crippen LogP contribution in [0.3, 0.4) is 0 Å². The quantitative estimate of drug-likeness (QED) is 0.625. The van der Waals surface area contributed by atoms with Gasteiger partial charge in [-0.1, -0.05) is 6.92 Å². The monoisotopic (exact) mass is 223 g/mol. The predicted molar refractivity (Wildman–Crippen MR) is 53.6 cm³/mol. The molecule has 0 bridgehead atoms. The first kappa shape index (κ1) is 13.4. The average molecular weight is 223 g/mol. The van der Waals surface area contributed by atoms with Gasteiger partial charge in [0.1, 0.15) is 0 Å². The number of hydrogen-bond donors (Lipinski definition) is 1. The van der Waals surface area contributed by atoms with Gasteiger partial charge >= 0.3 is 5.97 Å². The van der Waals surface area contributed by atoms with Crippen molar-refractivity contribution in [1.29, 1.82) is 0 Å². The minimum atomic E-state index is -3.25. The van der Waals surface area contributed by atoms with E-state index in [-0.39, 0.29) is 18.7 Å². The van der Waals surface area contributed by atoms with Gasteiger partial charge in [-0.15, -0.1) is 0 Å². The standard InChI is InChI=1S/C8H17NO4S/c1-3-7(6-9)14(11,12)5-4-8(10)13-2/h7H,3-6,9H2,1-2H3. The molecule has 0 amide bonds. The lowest BCUT2D eigenvalue weighted by atomic mass is 10.3. The highest BCUT2D eigenvalue weighted by Gasteiger charge is 2.23. The van der Waals surface area contributed by atoms with Gasteiger partial charge in [-0.2, -0.15) is 0 Å². The third-order valence-corrected chi connectivity index (χ3v) is 4.36. The van der Waals surface area contributed by atoms with E-state index in [0.29, 0.717) is 6.42 Å². The zero-order valence-corrected chi connectivity index (χ0v) is 9.34. The summed E-state index contributed by atoms with van der Waals surface area (Å²) in [6.45, 7) is 1.85. The van der Waals surface area contributed by atoms with Gasteiger partial charge in [0, 0.05) is 6.54 Å². The summed E-state index contributed by atoms with van der Waals surface area (Å²) in [5.41, 5.74) is 5.31. The molecule has 0 aliphatic rings. The van der Waals surface area contributed by atoms with Crippen molar-refractivity contribution in [1.82, 2.24) is 0 Å². The highest BCUT2D eigenvalue weighted by Crippen LogP contribution is 2.07. The van der Waals surface area contributed by atoms with Crippen LogP contribution >= 0.6 is 0 Å². The Bertz CT molecular complexity index is 269. The van der Waals surface area contributed by atoms with Gasteiger partial charge in [0.25, 0.3) is 0 Å². The smallest absolute Gasteiger partial charge is 0.306 e. The summed E-state index contributed by atoms with van der Waals surface area (Å²) in [5.74, 6) is -0.699. The Balaban J connectivity index is 4.27. The Kier molecular flexibility index (Phi) is 5.71. The fraction of sp³-hybridized carbons (Fsp3) is 0.875. The van der Waals surface area contributed by atoms with Crippen molar-refractivity contribution >= 4 is 15.8 Å². The maximum atomic E-state index is 11.5. The van der Waals surface area contributed by atoms with Crippen LogP contribution in [0, 0.1) is 0 Å². The Hall–Kier alpha value is -0.620. The highest BCUT2D eigenvalue weighted by atomic mass is 32.2. The molecule has 0 radical (unpaired) electrons. The topological polar surface area (TPSA) is 86.5 Å². The van der Waals surface area contributed by atoms with E-state index in [9.17, 15) is 13.2 Å². The second kappa shape index (κ2) is 5.98. The molecular formula is C8H17NO4S. The maximum Gasteiger partial charge on any atom is 0.306 e. The Labute approximate surface area is 84.5 Å². The molecule has 6 heteroatoms. The number of nitrogens with two attached hydrogens (primary N) is 1. The lowest BCUT2D eigenvalue weighted by molar-refractivity contribution is -0.140.